The maximum atomic E-state index is 14.5. The Bertz CT molecular complexity index is 1300. The number of benzene rings is 2. The summed E-state index contributed by atoms with van der Waals surface area (Å²) in [5, 5.41) is 15.0. The minimum atomic E-state index is -4.89. The Morgan fingerprint density at radius 2 is 1.73 bits per heavy atom. The Morgan fingerprint density at radius 3 is 2.16 bits per heavy atom. The van der Waals surface area contributed by atoms with Gasteiger partial charge in [0, 0.05) is 0 Å². The number of carbonyl (C=O) groups is 1. The normalized spacial score (nSPS) is 16.5. The van der Waals surface area contributed by atoms with E-state index in [4.69, 9.17) is 15.6 Å². The molecule has 1 amide bonds. The summed E-state index contributed by atoms with van der Waals surface area (Å²) in [5.41, 5.74) is 4.95. The van der Waals surface area contributed by atoms with Crippen LogP contribution in [0.15, 0.2) is 47.4 Å². The van der Waals surface area contributed by atoms with Gasteiger partial charge in [-0.3, -0.25) is 4.79 Å². The third-order valence-electron chi connectivity index (χ3n) is 6.27. The summed E-state index contributed by atoms with van der Waals surface area (Å²) in [6.45, 7) is 3.60. The van der Waals surface area contributed by atoms with E-state index < -0.39 is 39.7 Å². The second-order valence-electron chi connectivity index (χ2n) is 9.56. The summed E-state index contributed by atoms with van der Waals surface area (Å²) in [5.74, 6) is -0.932. The van der Waals surface area contributed by atoms with Crippen molar-refractivity contribution in [1.29, 1.82) is 5.26 Å². The number of nitriles is 1. The van der Waals surface area contributed by atoms with Gasteiger partial charge in [0.05, 0.1) is 19.2 Å². The van der Waals surface area contributed by atoms with Crippen LogP contribution in [-0.4, -0.2) is 44.1 Å². The van der Waals surface area contributed by atoms with Gasteiger partial charge in [0.15, 0.2) is 6.04 Å². The molecule has 12 heteroatoms. The van der Waals surface area contributed by atoms with Crippen LogP contribution in [0.2, 0.25) is 0 Å². The van der Waals surface area contributed by atoms with E-state index in [2.05, 4.69) is 0 Å². The number of primary sulfonamides is 1. The second-order valence-corrected chi connectivity index (χ2v) is 11.1. The lowest BCUT2D eigenvalue weighted by Crippen LogP contribution is -2.54. The van der Waals surface area contributed by atoms with E-state index in [0.717, 1.165) is 0 Å². The number of methoxy groups -OCH3 is 1. The highest BCUT2D eigenvalue weighted by molar-refractivity contribution is 7.89. The molecule has 2 aromatic rings. The van der Waals surface area contributed by atoms with Gasteiger partial charge in [0.1, 0.15) is 16.2 Å². The van der Waals surface area contributed by atoms with Crippen LogP contribution >= 0.6 is 0 Å². The molecular formula is C25H29F3N4O4S. The molecule has 0 bridgehead atoms. The van der Waals surface area contributed by atoms with E-state index >= 15 is 0 Å². The lowest BCUT2D eigenvalue weighted by molar-refractivity contribution is -0.197. The summed E-state index contributed by atoms with van der Waals surface area (Å²) in [6, 6.07) is 7.69. The first-order valence-electron chi connectivity index (χ1n) is 11.5. The van der Waals surface area contributed by atoms with Gasteiger partial charge in [-0.05, 0) is 54.0 Å². The van der Waals surface area contributed by atoms with Crippen LogP contribution in [0.1, 0.15) is 44.7 Å². The number of hydrogen-bond donors (Lipinski definition) is 2. The SMILES string of the molecule is COc1ccc(-c2ccc([C@H](N(C(=O)[C@@H](N)CC(C)C)C3(C#N)CC3)C(F)(F)F)cc2)cc1S(N)(=O)=O. The van der Waals surface area contributed by atoms with Gasteiger partial charge in [-0.2, -0.15) is 18.4 Å². The van der Waals surface area contributed by atoms with Gasteiger partial charge in [0.2, 0.25) is 15.9 Å². The van der Waals surface area contributed by atoms with Crippen molar-refractivity contribution in [2.75, 3.05) is 7.11 Å². The molecule has 0 heterocycles. The standard InChI is InChI=1S/C25H29F3N4O4S/c1-15(2)12-19(30)23(33)32(24(14-29)10-11-24)22(25(26,27)28)17-6-4-16(5-7-17)18-8-9-20(36-3)21(13-18)37(31,34)35/h4-9,13,15,19,22H,10-12,30H2,1-3H3,(H2,31,34,35)/t19-,22-/m0/s1. The molecule has 0 spiro atoms. The number of ether oxygens (including phenoxy) is 1. The molecule has 1 fully saturated rings. The fraction of sp³-hybridized carbons (Fsp3) is 0.440. The Labute approximate surface area is 214 Å². The predicted octanol–water partition coefficient (Wildman–Crippen LogP) is 3.87. The van der Waals surface area contributed by atoms with Gasteiger partial charge in [0.25, 0.3) is 0 Å². The zero-order valence-electron chi connectivity index (χ0n) is 20.6. The molecular weight excluding hydrogens is 509 g/mol. The molecule has 0 unspecified atom stereocenters. The van der Waals surface area contributed by atoms with Crippen molar-refractivity contribution in [1.82, 2.24) is 4.90 Å². The Hall–Kier alpha value is -3.14. The van der Waals surface area contributed by atoms with Gasteiger partial charge >= 0.3 is 6.18 Å². The van der Waals surface area contributed by atoms with Crippen LogP contribution in [0.4, 0.5) is 13.2 Å². The summed E-state index contributed by atoms with van der Waals surface area (Å²) >= 11 is 0. The molecule has 2 aromatic carbocycles. The van der Waals surface area contributed by atoms with Gasteiger partial charge in [-0.15, -0.1) is 0 Å². The number of alkyl halides is 3. The number of nitrogens with two attached hydrogens (primary N) is 2. The van der Waals surface area contributed by atoms with E-state index in [1.807, 2.05) is 6.07 Å². The van der Waals surface area contributed by atoms with E-state index in [0.29, 0.717) is 16.0 Å². The Kier molecular flexibility index (Phi) is 7.93. The molecule has 3 rings (SSSR count). The van der Waals surface area contributed by atoms with Crippen molar-refractivity contribution in [3.8, 4) is 22.9 Å². The van der Waals surface area contributed by atoms with E-state index in [-0.39, 0.29) is 41.4 Å². The predicted molar refractivity (Wildman–Crippen MR) is 130 cm³/mol. The number of amides is 1. The minimum absolute atomic E-state index is 0.0260. The highest BCUT2D eigenvalue weighted by Gasteiger charge is 2.60. The third kappa shape index (κ3) is 6.06. The summed E-state index contributed by atoms with van der Waals surface area (Å²) in [4.78, 5) is 13.6. The lowest BCUT2D eigenvalue weighted by Gasteiger charge is -2.38. The van der Waals surface area contributed by atoms with E-state index in [1.165, 1.54) is 43.5 Å². The molecule has 2 atom stereocenters. The first-order valence-corrected chi connectivity index (χ1v) is 13.1. The summed E-state index contributed by atoms with van der Waals surface area (Å²) < 4.78 is 72.4. The average Bonchev–Trinajstić information content (AvgIpc) is 3.61. The van der Waals surface area contributed by atoms with Crippen LogP contribution in [-0.2, 0) is 14.8 Å². The topological polar surface area (TPSA) is 140 Å². The molecule has 0 radical (unpaired) electrons. The maximum absolute atomic E-state index is 14.5. The first-order chi connectivity index (χ1) is 17.1. The highest BCUT2D eigenvalue weighted by atomic mass is 32.2. The fourth-order valence-electron chi connectivity index (χ4n) is 4.32. The molecule has 4 N–H and O–H groups in total. The number of sulfonamides is 1. The molecule has 37 heavy (non-hydrogen) atoms. The van der Waals surface area contributed by atoms with Crippen LogP contribution in [0, 0.1) is 17.2 Å². The third-order valence-corrected chi connectivity index (χ3v) is 7.20. The van der Waals surface area contributed by atoms with Crippen molar-refractivity contribution in [3.63, 3.8) is 0 Å². The van der Waals surface area contributed by atoms with Crippen molar-refractivity contribution in [2.45, 2.75) is 61.8 Å². The summed E-state index contributed by atoms with van der Waals surface area (Å²) in [6.07, 6.45) is -4.47. The number of rotatable bonds is 9. The zero-order valence-corrected chi connectivity index (χ0v) is 21.4. The van der Waals surface area contributed by atoms with E-state index in [9.17, 15) is 31.6 Å². The lowest BCUT2D eigenvalue weighted by atomic mass is 9.96. The monoisotopic (exact) mass is 538 g/mol. The molecule has 1 saturated carbocycles. The van der Waals surface area contributed by atoms with Crippen LogP contribution in [0.25, 0.3) is 11.1 Å². The molecule has 0 aliphatic heterocycles. The first kappa shape index (κ1) is 28.4. The molecule has 8 nitrogen and oxygen atoms in total. The van der Waals surface area contributed by atoms with Crippen LogP contribution in [0.3, 0.4) is 0 Å². The van der Waals surface area contributed by atoms with Gasteiger partial charge < -0.3 is 15.4 Å². The van der Waals surface area contributed by atoms with Crippen LogP contribution < -0.4 is 15.6 Å². The number of nitrogens with zero attached hydrogens (tertiary/aromatic N) is 2. The molecule has 0 aromatic heterocycles. The molecule has 1 aliphatic carbocycles. The molecule has 0 saturated heterocycles. The Morgan fingerprint density at radius 1 is 1.16 bits per heavy atom. The quantitative estimate of drug-likeness (QED) is 0.497. The number of carbonyl (C=O) groups excluding carboxylic acids is 1. The molecule has 1 aliphatic rings. The zero-order chi connectivity index (χ0) is 27.8. The van der Waals surface area contributed by atoms with Crippen molar-refractivity contribution in [2.24, 2.45) is 16.8 Å². The van der Waals surface area contributed by atoms with E-state index in [1.54, 1.807) is 19.9 Å². The number of halogens is 3. The maximum Gasteiger partial charge on any atom is 0.413 e. The van der Waals surface area contributed by atoms with Gasteiger partial charge in [-0.25, -0.2) is 13.6 Å². The largest absolute Gasteiger partial charge is 0.495 e. The van der Waals surface area contributed by atoms with Gasteiger partial charge in [-0.1, -0.05) is 44.2 Å². The van der Waals surface area contributed by atoms with Crippen molar-refractivity contribution in [3.05, 3.63) is 48.0 Å². The minimum Gasteiger partial charge on any atom is -0.495 e. The summed E-state index contributed by atoms with van der Waals surface area (Å²) in [7, 11) is -2.85. The average molecular weight is 539 g/mol. The fourth-order valence-corrected chi connectivity index (χ4v) is 5.04. The van der Waals surface area contributed by atoms with Crippen molar-refractivity contribution < 1.29 is 31.1 Å². The second kappa shape index (κ2) is 10.3. The number of hydrogen-bond acceptors (Lipinski definition) is 6. The highest BCUT2D eigenvalue weighted by Crippen LogP contribution is 2.50. The smallest absolute Gasteiger partial charge is 0.413 e. The van der Waals surface area contributed by atoms with Crippen molar-refractivity contribution >= 4 is 15.9 Å². The molecule has 200 valence electrons. The Balaban J connectivity index is 2.06. The van der Waals surface area contributed by atoms with Crippen LogP contribution in [0.5, 0.6) is 5.75 Å².